The summed E-state index contributed by atoms with van der Waals surface area (Å²) in [6.07, 6.45) is -0.489. The van der Waals surface area contributed by atoms with Gasteiger partial charge in [0.25, 0.3) is 0 Å². The number of likely N-dealkylation sites (tertiary alicyclic amines) is 1. The van der Waals surface area contributed by atoms with E-state index in [1.165, 1.54) is 7.11 Å². The molecule has 7 atom stereocenters. The molecule has 6 nitrogen and oxygen atoms in total. The number of nitrogens with zero attached hydrogens (tertiary/aromatic N) is 1. The van der Waals surface area contributed by atoms with Crippen molar-refractivity contribution in [3.63, 3.8) is 0 Å². The van der Waals surface area contributed by atoms with Crippen molar-refractivity contribution in [2.24, 2.45) is 17.8 Å². The van der Waals surface area contributed by atoms with Gasteiger partial charge in [-0.25, -0.2) is 4.39 Å². The summed E-state index contributed by atoms with van der Waals surface area (Å²) in [5.41, 5.74) is 0. The van der Waals surface area contributed by atoms with E-state index in [0.29, 0.717) is 5.92 Å². The van der Waals surface area contributed by atoms with Crippen LogP contribution in [0.4, 0.5) is 4.39 Å². The third-order valence-corrected chi connectivity index (χ3v) is 6.22. The highest BCUT2D eigenvalue weighted by molar-refractivity contribution is 5.80. The van der Waals surface area contributed by atoms with Crippen LogP contribution in [-0.2, 0) is 19.1 Å². The third kappa shape index (κ3) is 5.88. The van der Waals surface area contributed by atoms with Crippen LogP contribution < -0.4 is 5.32 Å². The molecular formula is C20H37FN2O4. The summed E-state index contributed by atoms with van der Waals surface area (Å²) < 4.78 is 25.3. The number of alkyl halides is 1. The zero-order chi connectivity index (χ0) is 20.7. The van der Waals surface area contributed by atoms with Gasteiger partial charge in [-0.2, -0.15) is 0 Å². The Morgan fingerprint density at radius 2 is 1.85 bits per heavy atom. The van der Waals surface area contributed by atoms with Crippen molar-refractivity contribution in [2.45, 2.75) is 71.4 Å². The Morgan fingerprint density at radius 1 is 1.22 bits per heavy atom. The summed E-state index contributed by atoms with van der Waals surface area (Å²) in [5, 5.41) is 2.60. The Bertz CT molecular complexity index is 491. The highest BCUT2D eigenvalue weighted by atomic mass is 19.1. The molecule has 0 bridgehead atoms. The van der Waals surface area contributed by atoms with Gasteiger partial charge in [-0.3, -0.25) is 9.59 Å². The van der Waals surface area contributed by atoms with Crippen molar-refractivity contribution < 1.29 is 23.5 Å². The average Bonchev–Trinajstić information content (AvgIpc) is 3.05. The molecule has 2 amide bonds. The number of rotatable bonds is 10. The van der Waals surface area contributed by atoms with Gasteiger partial charge in [-0.05, 0) is 11.8 Å². The fraction of sp³-hybridized carbons (Fsp3) is 0.900. The minimum Gasteiger partial charge on any atom is -0.381 e. The smallest absolute Gasteiger partial charge is 0.225 e. The SMILES string of the molecule is CCC(C)C(C)C(CC(=O)N1CC(F)CC1C(OC)C(C)C(=O)NC)OC. The van der Waals surface area contributed by atoms with Crippen LogP contribution in [0, 0.1) is 17.8 Å². The maximum absolute atomic E-state index is 14.2. The molecule has 7 unspecified atom stereocenters. The van der Waals surface area contributed by atoms with E-state index < -0.39 is 24.2 Å². The van der Waals surface area contributed by atoms with Gasteiger partial charge in [0.05, 0.1) is 37.1 Å². The third-order valence-electron chi connectivity index (χ3n) is 6.22. The summed E-state index contributed by atoms with van der Waals surface area (Å²) in [6.45, 7) is 8.12. The maximum atomic E-state index is 14.2. The van der Waals surface area contributed by atoms with Crippen LogP contribution in [0.15, 0.2) is 0 Å². The molecule has 0 aromatic rings. The first-order valence-electron chi connectivity index (χ1n) is 9.92. The molecule has 7 heteroatoms. The van der Waals surface area contributed by atoms with E-state index in [1.807, 2.05) is 0 Å². The van der Waals surface area contributed by atoms with Crippen molar-refractivity contribution in [1.82, 2.24) is 10.2 Å². The Labute approximate surface area is 163 Å². The molecule has 0 aromatic heterocycles. The number of amides is 2. The fourth-order valence-corrected chi connectivity index (χ4v) is 3.99. The minimum absolute atomic E-state index is 0.0397. The van der Waals surface area contributed by atoms with E-state index in [4.69, 9.17) is 9.47 Å². The number of halogens is 1. The highest BCUT2D eigenvalue weighted by Crippen LogP contribution is 2.30. The van der Waals surface area contributed by atoms with Crippen LogP contribution in [0.2, 0.25) is 0 Å². The molecule has 0 saturated carbocycles. The second-order valence-electron chi connectivity index (χ2n) is 7.77. The Morgan fingerprint density at radius 3 is 2.33 bits per heavy atom. The van der Waals surface area contributed by atoms with E-state index >= 15 is 0 Å². The summed E-state index contributed by atoms with van der Waals surface area (Å²) in [7, 11) is 4.67. The average molecular weight is 389 g/mol. The molecule has 1 aliphatic rings. The second-order valence-corrected chi connectivity index (χ2v) is 7.77. The number of hydrogen-bond donors (Lipinski definition) is 1. The first-order valence-corrected chi connectivity index (χ1v) is 9.92. The molecule has 158 valence electrons. The first-order chi connectivity index (χ1) is 12.7. The van der Waals surface area contributed by atoms with Gasteiger partial charge in [0.15, 0.2) is 0 Å². The van der Waals surface area contributed by atoms with Crippen molar-refractivity contribution in [3.8, 4) is 0 Å². The number of carbonyl (C=O) groups excluding carboxylic acids is 2. The molecule has 27 heavy (non-hydrogen) atoms. The van der Waals surface area contributed by atoms with E-state index in [0.717, 1.165) is 6.42 Å². The van der Waals surface area contributed by atoms with Gasteiger partial charge in [-0.1, -0.05) is 34.1 Å². The van der Waals surface area contributed by atoms with Crippen molar-refractivity contribution in [1.29, 1.82) is 0 Å². The van der Waals surface area contributed by atoms with E-state index in [1.54, 1.807) is 26.0 Å². The second kappa shape index (κ2) is 11.0. The van der Waals surface area contributed by atoms with Crippen molar-refractivity contribution >= 4 is 11.8 Å². The molecule has 1 fully saturated rings. The first kappa shape index (κ1) is 23.8. The van der Waals surface area contributed by atoms with E-state index in [-0.39, 0.29) is 43.2 Å². The molecule has 1 aliphatic heterocycles. The Hall–Kier alpha value is -1.21. The fourth-order valence-electron chi connectivity index (χ4n) is 3.99. The lowest BCUT2D eigenvalue weighted by Gasteiger charge is -2.35. The standard InChI is InChI=1S/C20H37FN2O4/c1-8-12(2)13(3)17(26-6)10-18(24)23-11-15(21)9-16(23)19(27-7)14(4)20(25)22-5/h12-17,19H,8-11H2,1-7H3,(H,22,25). The minimum atomic E-state index is -1.11. The highest BCUT2D eigenvalue weighted by Gasteiger charge is 2.44. The maximum Gasteiger partial charge on any atom is 0.225 e. The van der Waals surface area contributed by atoms with Crippen molar-refractivity contribution in [3.05, 3.63) is 0 Å². The van der Waals surface area contributed by atoms with E-state index in [9.17, 15) is 14.0 Å². The van der Waals surface area contributed by atoms with Gasteiger partial charge in [0, 0.05) is 27.7 Å². The van der Waals surface area contributed by atoms with Crippen molar-refractivity contribution in [2.75, 3.05) is 27.8 Å². The van der Waals surface area contributed by atoms with Crippen LogP contribution in [0.5, 0.6) is 0 Å². The zero-order valence-electron chi connectivity index (χ0n) is 17.8. The monoisotopic (exact) mass is 388 g/mol. The van der Waals surface area contributed by atoms with Gasteiger partial charge in [0.1, 0.15) is 6.17 Å². The number of nitrogens with one attached hydrogen (secondary N) is 1. The number of hydrogen-bond acceptors (Lipinski definition) is 4. The van der Waals surface area contributed by atoms with Crippen LogP contribution in [-0.4, -0.2) is 68.9 Å². The van der Waals surface area contributed by atoms with Gasteiger partial charge in [-0.15, -0.1) is 0 Å². The van der Waals surface area contributed by atoms with Crippen LogP contribution in [0.25, 0.3) is 0 Å². The molecule has 0 aliphatic carbocycles. The Kier molecular flexibility index (Phi) is 9.67. The van der Waals surface area contributed by atoms with Crippen LogP contribution in [0.3, 0.4) is 0 Å². The summed E-state index contributed by atoms with van der Waals surface area (Å²) >= 11 is 0. The van der Waals surface area contributed by atoms with Gasteiger partial charge >= 0.3 is 0 Å². The quantitative estimate of drug-likeness (QED) is 0.624. The lowest BCUT2D eigenvalue weighted by Crippen LogP contribution is -2.50. The molecule has 0 radical (unpaired) electrons. The molecule has 1 N–H and O–H groups in total. The van der Waals surface area contributed by atoms with Crippen LogP contribution in [0.1, 0.15) is 47.0 Å². The molecule has 1 saturated heterocycles. The molecule has 0 aromatic carbocycles. The van der Waals surface area contributed by atoms with Gasteiger partial charge in [0.2, 0.25) is 11.8 Å². The molecule has 0 spiro atoms. The Balaban J connectivity index is 2.93. The number of carbonyl (C=O) groups is 2. The number of methoxy groups -OCH3 is 2. The molecule has 1 heterocycles. The zero-order valence-corrected chi connectivity index (χ0v) is 17.8. The molecule has 1 rings (SSSR count). The largest absolute Gasteiger partial charge is 0.381 e. The lowest BCUT2D eigenvalue weighted by atomic mass is 9.87. The molecular weight excluding hydrogens is 351 g/mol. The van der Waals surface area contributed by atoms with Crippen LogP contribution >= 0.6 is 0 Å². The van der Waals surface area contributed by atoms with E-state index in [2.05, 4.69) is 26.1 Å². The normalized spacial score (nSPS) is 25.6. The lowest BCUT2D eigenvalue weighted by molar-refractivity contribution is -0.142. The summed E-state index contributed by atoms with van der Waals surface area (Å²) in [6, 6.07) is -0.457. The predicted octanol–water partition coefficient (Wildman–Crippen LogP) is 2.41. The van der Waals surface area contributed by atoms with Gasteiger partial charge < -0.3 is 19.7 Å². The summed E-state index contributed by atoms with van der Waals surface area (Å²) in [4.78, 5) is 26.6. The summed E-state index contributed by atoms with van der Waals surface area (Å²) in [5.74, 6) is -0.173. The topological polar surface area (TPSA) is 67.9 Å². The predicted molar refractivity (Wildman–Crippen MR) is 103 cm³/mol. The number of ether oxygens (including phenoxy) is 2.